The number of hydrogen-bond acceptors (Lipinski definition) is 1. The molecule has 0 unspecified atom stereocenters. The standard InChI is InChI=1S/C44H28O/c1-3-14-29(15-4-1)32-18-7-8-19-34(32)43-37-22-11-9-20-35(37)42(36-21-10-12-23-38(36)43)31-26-27-41-40(28-31)39-25-13-24-33(44(39)45-41)30-16-5-2-6-17-30/h1-28H/i1D,3D,4D,13D,14D,15D,24D,25D,26D,27D,28D. The van der Waals surface area contributed by atoms with Crippen molar-refractivity contribution in [2.24, 2.45) is 0 Å². The molecule has 1 heterocycles. The summed E-state index contributed by atoms with van der Waals surface area (Å²) in [4.78, 5) is 0. The highest BCUT2D eigenvalue weighted by Gasteiger charge is 2.20. The van der Waals surface area contributed by atoms with Crippen molar-refractivity contribution in [3.8, 4) is 44.5 Å². The van der Waals surface area contributed by atoms with E-state index >= 15 is 0 Å². The molecule has 1 aromatic heterocycles. The van der Waals surface area contributed by atoms with E-state index in [-0.39, 0.29) is 87.0 Å². The molecule has 0 aliphatic heterocycles. The van der Waals surface area contributed by atoms with Crippen molar-refractivity contribution < 1.29 is 19.5 Å². The molecule has 0 saturated carbocycles. The normalized spacial score (nSPS) is 15.0. The van der Waals surface area contributed by atoms with E-state index in [9.17, 15) is 4.11 Å². The Labute approximate surface area is 277 Å². The molecule has 0 fully saturated rings. The number of furan rings is 1. The summed E-state index contributed by atoms with van der Waals surface area (Å²) in [5.74, 6) is 0. The minimum Gasteiger partial charge on any atom is -0.455 e. The summed E-state index contributed by atoms with van der Waals surface area (Å²) in [6, 6.07) is 27.4. The van der Waals surface area contributed by atoms with E-state index in [0.717, 1.165) is 0 Å². The van der Waals surface area contributed by atoms with E-state index in [1.165, 1.54) is 0 Å². The quantitative estimate of drug-likeness (QED) is 0.188. The highest BCUT2D eigenvalue weighted by atomic mass is 16.3. The molecule has 9 rings (SSSR count). The third kappa shape index (κ3) is 4.09. The maximum Gasteiger partial charge on any atom is 0.143 e. The maximum atomic E-state index is 9.78. The van der Waals surface area contributed by atoms with Crippen molar-refractivity contribution >= 4 is 43.5 Å². The summed E-state index contributed by atoms with van der Waals surface area (Å²) in [5.41, 5.74) is 3.32. The van der Waals surface area contributed by atoms with Gasteiger partial charge in [-0.05, 0) is 72.6 Å². The molecule has 9 aromatic rings. The van der Waals surface area contributed by atoms with Gasteiger partial charge < -0.3 is 4.42 Å². The fourth-order valence-electron chi connectivity index (χ4n) is 6.35. The molecule has 0 saturated heterocycles. The summed E-state index contributed by atoms with van der Waals surface area (Å²) < 4.78 is 104. The van der Waals surface area contributed by atoms with Crippen LogP contribution in [0.5, 0.6) is 0 Å². The molecule has 0 radical (unpaired) electrons. The summed E-state index contributed by atoms with van der Waals surface area (Å²) in [7, 11) is 0. The molecule has 45 heavy (non-hydrogen) atoms. The molecular formula is C44H28O. The van der Waals surface area contributed by atoms with Crippen LogP contribution in [0.25, 0.3) is 88.0 Å². The van der Waals surface area contributed by atoms with Crippen LogP contribution in [0.3, 0.4) is 0 Å². The van der Waals surface area contributed by atoms with Gasteiger partial charge in [0.1, 0.15) is 11.2 Å². The van der Waals surface area contributed by atoms with E-state index in [0.29, 0.717) is 49.4 Å². The molecule has 0 N–H and O–H groups in total. The minimum absolute atomic E-state index is 0.0625. The Morgan fingerprint density at radius 2 is 1.00 bits per heavy atom. The second-order valence-electron chi connectivity index (χ2n) is 10.8. The largest absolute Gasteiger partial charge is 0.455 e. The van der Waals surface area contributed by atoms with Crippen molar-refractivity contribution in [3.05, 3.63) is 170 Å². The van der Waals surface area contributed by atoms with Crippen LogP contribution in [-0.4, -0.2) is 0 Å². The molecule has 1 nitrogen and oxygen atoms in total. The molecule has 210 valence electrons. The number of para-hydroxylation sites is 1. The summed E-state index contributed by atoms with van der Waals surface area (Å²) >= 11 is 0. The zero-order chi connectivity index (χ0) is 39.3. The average Bonchev–Trinajstić information content (AvgIpc) is 3.62. The number of hydrogen-bond donors (Lipinski definition) is 0. The number of rotatable bonds is 4. The predicted octanol–water partition coefficient (Wildman–Crippen LogP) is 12.6. The lowest BCUT2D eigenvalue weighted by Crippen LogP contribution is -1.92. The van der Waals surface area contributed by atoms with Gasteiger partial charge in [-0.1, -0.05) is 158 Å². The highest BCUT2D eigenvalue weighted by molar-refractivity contribution is 6.23. The minimum atomic E-state index is -0.483. The van der Waals surface area contributed by atoms with Crippen LogP contribution in [0, 0.1) is 0 Å². The Morgan fingerprint density at radius 3 is 1.71 bits per heavy atom. The number of fused-ring (bicyclic) bond motifs is 5. The topological polar surface area (TPSA) is 13.1 Å². The first-order valence-corrected chi connectivity index (χ1v) is 14.6. The van der Waals surface area contributed by atoms with Gasteiger partial charge >= 0.3 is 0 Å². The maximum absolute atomic E-state index is 9.78. The first-order chi connectivity index (χ1) is 26.9. The summed E-state index contributed by atoms with van der Waals surface area (Å²) in [6.07, 6.45) is 0. The molecule has 0 spiro atoms. The SMILES string of the molecule is [2H]c1c([2H])c([2H])c(-c2ccccc2-c2c3ccccc3c(-c3c([2H])c([2H])c4oc5c(-c6ccccc6)c([2H])c([2H])c([2H])c5c4c3[2H])c3ccccc23)c([2H])c1[2H]. The third-order valence-corrected chi connectivity index (χ3v) is 8.27. The molecule has 0 atom stereocenters. The molecule has 0 aliphatic carbocycles. The monoisotopic (exact) mass is 583 g/mol. The smallest absolute Gasteiger partial charge is 0.143 e. The van der Waals surface area contributed by atoms with Crippen LogP contribution < -0.4 is 0 Å². The van der Waals surface area contributed by atoms with E-state index in [2.05, 4.69) is 0 Å². The Morgan fingerprint density at radius 1 is 0.378 bits per heavy atom. The summed E-state index contributed by atoms with van der Waals surface area (Å²) in [6.45, 7) is 0. The zero-order valence-electron chi connectivity index (χ0n) is 34.7. The van der Waals surface area contributed by atoms with Crippen molar-refractivity contribution in [1.82, 2.24) is 0 Å². The van der Waals surface area contributed by atoms with Gasteiger partial charge in [-0.15, -0.1) is 0 Å². The van der Waals surface area contributed by atoms with E-state index < -0.39 is 18.1 Å². The zero-order valence-corrected chi connectivity index (χ0v) is 23.7. The Bertz CT molecular complexity index is 3070. The van der Waals surface area contributed by atoms with Gasteiger partial charge in [0, 0.05) is 16.3 Å². The van der Waals surface area contributed by atoms with Gasteiger partial charge in [0.15, 0.2) is 0 Å². The second kappa shape index (κ2) is 10.4. The third-order valence-electron chi connectivity index (χ3n) is 8.27. The Kier molecular flexibility index (Phi) is 3.87. The second-order valence-corrected chi connectivity index (χ2v) is 10.8. The van der Waals surface area contributed by atoms with Crippen LogP contribution >= 0.6 is 0 Å². The van der Waals surface area contributed by atoms with Crippen LogP contribution in [0.15, 0.2) is 174 Å². The molecule has 0 bridgehead atoms. The first kappa shape index (κ1) is 16.8. The molecular weight excluding hydrogens is 544 g/mol. The summed E-state index contributed by atoms with van der Waals surface area (Å²) in [5, 5.41) is 2.90. The van der Waals surface area contributed by atoms with E-state index in [1.54, 1.807) is 36.4 Å². The van der Waals surface area contributed by atoms with Crippen molar-refractivity contribution in [2.45, 2.75) is 0 Å². The molecule has 1 heteroatoms. The fraction of sp³-hybridized carbons (Fsp3) is 0. The van der Waals surface area contributed by atoms with Gasteiger partial charge in [-0.2, -0.15) is 0 Å². The predicted molar refractivity (Wildman–Crippen MR) is 190 cm³/mol. The van der Waals surface area contributed by atoms with Crippen molar-refractivity contribution in [1.29, 1.82) is 0 Å². The fourth-order valence-corrected chi connectivity index (χ4v) is 6.35. The van der Waals surface area contributed by atoms with Gasteiger partial charge in [0.2, 0.25) is 0 Å². The van der Waals surface area contributed by atoms with E-state index in [4.69, 9.17) is 15.4 Å². The van der Waals surface area contributed by atoms with Crippen molar-refractivity contribution in [2.75, 3.05) is 0 Å². The lowest BCUT2D eigenvalue weighted by Gasteiger charge is -2.19. The van der Waals surface area contributed by atoms with Crippen LogP contribution in [0.4, 0.5) is 0 Å². The lowest BCUT2D eigenvalue weighted by atomic mass is 9.83. The average molecular weight is 584 g/mol. The Hall–Kier alpha value is -5.92. The van der Waals surface area contributed by atoms with E-state index in [1.807, 2.05) is 66.7 Å². The van der Waals surface area contributed by atoms with Gasteiger partial charge in [-0.3, -0.25) is 0 Å². The Balaban J connectivity index is 1.42. The highest BCUT2D eigenvalue weighted by Crippen LogP contribution is 2.47. The van der Waals surface area contributed by atoms with Gasteiger partial charge in [-0.25, -0.2) is 0 Å². The van der Waals surface area contributed by atoms with Gasteiger partial charge in [0.25, 0.3) is 0 Å². The van der Waals surface area contributed by atoms with Crippen LogP contribution in [-0.2, 0) is 0 Å². The molecule has 0 amide bonds. The molecule has 8 aromatic carbocycles. The molecule has 0 aliphatic rings. The number of benzene rings is 8. The van der Waals surface area contributed by atoms with Gasteiger partial charge in [0.05, 0.1) is 15.1 Å². The first-order valence-electron chi connectivity index (χ1n) is 20.1. The van der Waals surface area contributed by atoms with Crippen LogP contribution in [0.1, 0.15) is 15.1 Å². The lowest BCUT2D eigenvalue weighted by molar-refractivity contribution is 0.670. The van der Waals surface area contributed by atoms with Crippen molar-refractivity contribution in [3.63, 3.8) is 0 Å². The van der Waals surface area contributed by atoms with Crippen LogP contribution in [0.2, 0.25) is 0 Å².